The number of rotatable bonds is 6. The lowest BCUT2D eigenvalue weighted by Gasteiger charge is -2.31. The van der Waals surface area contributed by atoms with Gasteiger partial charge in [0.2, 0.25) is 0 Å². The van der Waals surface area contributed by atoms with Crippen LogP contribution in [0.2, 0.25) is 0 Å². The number of pyridine rings is 1. The van der Waals surface area contributed by atoms with Crippen LogP contribution < -0.4 is 4.74 Å². The van der Waals surface area contributed by atoms with E-state index in [1.54, 1.807) is 29.3 Å². The number of piperidine rings is 1. The number of hydrogen-bond donors (Lipinski definition) is 1. The first-order chi connectivity index (χ1) is 10.6. The smallest absolute Gasteiger partial charge is 0.303 e. The Morgan fingerprint density at radius 2 is 2.18 bits per heavy atom. The Balaban J connectivity index is 2.01. The molecule has 1 N–H and O–H groups in total. The molecule has 0 bridgehead atoms. The molecule has 1 aliphatic rings. The summed E-state index contributed by atoms with van der Waals surface area (Å²) in [6.45, 7) is 5.00. The lowest BCUT2D eigenvalue weighted by Crippen LogP contribution is -2.39. The van der Waals surface area contributed by atoms with E-state index in [0.717, 1.165) is 0 Å². The summed E-state index contributed by atoms with van der Waals surface area (Å²) in [5, 5.41) is 8.82. The van der Waals surface area contributed by atoms with E-state index in [-0.39, 0.29) is 18.2 Å². The number of amides is 1. The molecule has 1 amide bonds. The van der Waals surface area contributed by atoms with Gasteiger partial charge in [-0.2, -0.15) is 0 Å². The third-order valence-corrected chi connectivity index (χ3v) is 3.69. The summed E-state index contributed by atoms with van der Waals surface area (Å²) in [5.41, 5.74) is 0.293. The fourth-order valence-electron chi connectivity index (χ4n) is 2.55. The highest BCUT2D eigenvalue weighted by molar-refractivity contribution is 5.95. The minimum atomic E-state index is -0.783. The van der Waals surface area contributed by atoms with Gasteiger partial charge in [0.25, 0.3) is 5.91 Å². The highest BCUT2D eigenvalue weighted by atomic mass is 16.5. The molecule has 0 aliphatic carbocycles. The van der Waals surface area contributed by atoms with Crippen LogP contribution in [0.3, 0.4) is 0 Å². The Morgan fingerprint density at radius 1 is 1.45 bits per heavy atom. The van der Waals surface area contributed by atoms with Crippen molar-refractivity contribution in [3.05, 3.63) is 36.7 Å². The van der Waals surface area contributed by atoms with Crippen molar-refractivity contribution in [2.75, 3.05) is 19.7 Å². The lowest BCUT2D eigenvalue weighted by atomic mass is 9.93. The van der Waals surface area contributed by atoms with E-state index < -0.39 is 5.97 Å². The van der Waals surface area contributed by atoms with Gasteiger partial charge in [0.15, 0.2) is 11.4 Å². The molecule has 1 fully saturated rings. The number of hydrogen-bond acceptors (Lipinski definition) is 4. The second kappa shape index (κ2) is 7.59. The molecule has 1 aliphatic heterocycles. The van der Waals surface area contributed by atoms with Crippen LogP contribution in [-0.2, 0) is 4.79 Å². The van der Waals surface area contributed by atoms with Gasteiger partial charge in [0, 0.05) is 25.7 Å². The molecular formula is C16H20N2O4. The number of likely N-dealkylation sites (tertiary alicyclic amines) is 1. The molecule has 6 heteroatoms. The van der Waals surface area contributed by atoms with Gasteiger partial charge >= 0.3 is 5.97 Å². The van der Waals surface area contributed by atoms with Crippen LogP contribution in [0.5, 0.6) is 5.75 Å². The van der Waals surface area contributed by atoms with Gasteiger partial charge in [0.1, 0.15) is 6.61 Å². The van der Waals surface area contributed by atoms with Crippen molar-refractivity contribution >= 4 is 11.9 Å². The highest BCUT2D eigenvalue weighted by Crippen LogP contribution is 2.24. The fraction of sp³-hybridized carbons (Fsp3) is 0.438. The van der Waals surface area contributed by atoms with Crippen LogP contribution >= 0.6 is 0 Å². The topological polar surface area (TPSA) is 79.7 Å². The maximum atomic E-state index is 12.6. The zero-order chi connectivity index (χ0) is 15.9. The third kappa shape index (κ3) is 4.07. The van der Waals surface area contributed by atoms with Crippen LogP contribution in [0.25, 0.3) is 0 Å². The summed E-state index contributed by atoms with van der Waals surface area (Å²) in [5.74, 6) is -0.370. The van der Waals surface area contributed by atoms with Crippen molar-refractivity contribution < 1.29 is 19.4 Å². The number of nitrogens with zero attached hydrogens (tertiary/aromatic N) is 2. The minimum Gasteiger partial charge on any atom is -0.487 e. The third-order valence-electron chi connectivity index (χ3n) is 3.69. The molecule has 6 nitrogen and oxygen atoms in total. The van der Waals surface area contributed by atoms with E-state index in [0.29, 0.717) is 44.0 Å². The van der Waals surface area contributed by atoms with Gasteiger partial charge in [-0.15, -0.1) is 0 Å². The Morgan fingerprint density at radius 3 is 2.82 bits per heavy atom. The Kier molecular flexibility index (Phi) is 5.52. The standard InChI is InChI=1S/C16H20N2O4/c1-2-10-22-13-4-3-7-17-15(13)16(21)18-8-5-12(6-9-18)11-14(19)20/h2-4,7,12H,1,5-6,8-11H2,(H,19,20). The van der Waals surface area contributed by atoms with Crippen LogP contribution in [0.15, 0.2) is 31.0 Å². The van der Waals surface area contributed by atoms with Crippen molar-refractivity contribution in [2.45, 2.75) is 19.3 Å². The van der Waals surface area contributed by atoms with Crippen molar-refractivity contribution in [3.8, 4) is 5.75 Å². The summed E-state index contributed by atoms with van der Waals surface area (Å²) >= 11 is 0. The van der Waals surface area contributed by atoms with Crippen molar-refractivity contribution in [3.63, 3.8) is 0 Å². The van der Waals surface area contributed by atoms with Crippen LogP contribution in [0, 0.1) is 5.92 Å². The molecule has 1 aromatic rings. The molecule has 0 unspecified atom stereocenters. The van der Waals surface area contributed by atoms with E-state index in [4.69, 9.17) is 9.84 Å². The lowest BCUT2D eigenvalue weighted by molar-refractivity contribution is -0.138. The fourth-order valence-corrected chi connectivity index (χ4v) is 2.55. The van der Waals surface area contributed by atoms with Gasteiger partial charge in [-0.1, -0.05) is 12.7 Å². The SMILES string of the molecule is C=CCOc1cccnc1C(=O)N1CCC(CC(=O)O)CC1. The van der Waals surface area contributed by atoms with Gasteiger partial charge < -0.3 is 14.7 Å². The van der Waals surface area contributed by atoms with Crippen LogP contribution in [-0.4, -0.2) is 46.6 Å². The number of carboxylic acid groups (broad SMARTS) is 1. The highest BCUT2D eigenvalue weighted by Gasteiger charge is 2.27. The van der Waals surface area contributed by atoms with Crippen molar-refractivity contribution in [1.82, 2.24) is 9.88 Å². The monoisotopic (exact) mass is 304 g/mol. The van der Waals surface area contributed by atoms with Crippen molar-refractivity contribution in [1.29, 1.82) is 0 Å². The predicted molar refractivity (Wildman–Crippen MR) is 80.8 cm³/mol. The number of carbonyl (C=O) groups is 2. The first kappa shape index (κ1) is 16.0. The Hall–Kier alpha value is -2.37. The van der Waals surface area contributed by atoms with E-state index in [1.807, 2.05) is 0 Å². The van der Waals surface area contributed by atoms with E-state index in [9.17, 15) is 9.59 Å². The molecule has 0 radical (unpaired) electrons. The summed E-state index contributed by atoms with van der Waals surface area (Å²) in [4.78, 5) is 29.1. The van der Waals surface area contributed by atoms with E-state index in [1.165, 1.54) is 0 Å². The summed E-state index contributed by atoms with van der Waals surface area (Å²) in [6, 6.07) is 3.43. The maximum absolute atomic E-state index is 12.6. The number of aliphatic carboxylic acids is 1. The molecule has 2 rings (SSSR count). The summed E-state index contributed by atoms with van der Waals surface area (Å²) in [7, 11) is 0. The quantitative estimate of drug-likeness (QED) is 0.813. The molecule has 0 atom stereocenters. The molecule has 2 heterocycles. The first-order valence-electron chi connectivity index (χ1n) is 7.31. The first-order valence-corrected chi connectivity index (χ1v) is 7.31. The second-order valence-electron chi connectivity index (χ2n) is 5.28. The molecule has 118 valence electrons. The van der Waals surface area contributed by atoms with Gasteiger partial charge in [-0.25, -0.2) is 4.98 Å². The zero-order valence-corrected chi connectivity index (χ0v) is 12.4. The zero-order valence-electron chi connectivity index (χ0n) is 12.4. The van der Waals surface area contributed by atoms with Crippen LogP contribution in [0.4, 0.5) is 0 Å². The average molecular weight is 304 g/mol. The molecule has 1 aromatic heterocycles. The normalized spacial score (nSPS) is 15.4. The van der Waals surface area contributed by atoms with Crippen molar-refractivity contribution in [2.24, 2.45) is 5.92 Å². The largest absolute Gasteiger partial charge is 0.487 e. The predicted octanol–water partition coefficient (Wildman–Crippen LogP) is 1.97. The number of ether oxygens (including phenoxy) is 1. The molecule has 0 saturated carbocycles. The maximum Gasteiger partial charge on any atom is 0.303 e. The number of carbonyl (C=O) groups excluding carboxylic acids is 1. The molecular weight excluding hydrogens is 284 g/mol. The van der Waals surface area contributed by atoms with Crippen LogP contribution in [0.1, 0.15) is 29.8 Å². The number of aromatic nitrogens is 1. The van der Waals surface area contributed by atoms with Gasteiger partial charge in [-0.3, -0.25) is 9.59 Å². The molecule has 0 aromatic carbocycles. The summed E-state index contributed by atoms with van der Waals surface area (Å²) in [6.07, 6.45) is 4.74. The average Bonchev–Trinajstić information content (AvgIpc) is 2.53. The minimum absolute atomic E-state index is 0.141. The number of carboxylic acids is 1. The van der Waals surface area contributed by atoms with Gasteiger partial charge in [0.05, 0.1) is 0 Å². The second-order valence-corrected chi connectivity index (χ2v) is 5.28. The Bertz CT molecular complexity index is 551. The van der Waals surface area contributed by atoms with E-state index >= 15 is 0 Å². The Labute approximate surface area is 129 Å². The molecule has 22 heavy (non-hydrogen) atoms. The summed E-state index contributed by atoms with van der Waals surface area (Å²) < 4.78 is 5.47. The molecule has 1 saturated heterocycles. The van der Waals surface area contributed by atoms with E-state index in [2.05, 4.69) is 11.6 Å². The molecule has 0 spiro atoms. The van der Waals surface area contributed by atoms with Gasteiger partial charge in [-0.05, 0) is 30.9 Å².